The summed E-state index contributed by atoms with van der Waals surface area (Å²) in [5, 5.41) is 8.35. The summed E-state index contributed by atoms with van der Waals surface area (Å²) in [4.78, 5) is 18.0. The number of anilines is 1. The molecule has 0 aliphatic heterocycles. The van der Waals surface area contributed by atoms with Crippen LogP contribution < -0.4 is 4.72 Å². The SMILES string of the molecule is O=C(O)c1nccnc1NS(=O)(=O)C1CC1. The number of carboxylic acids is 1. The fourth-order valence-corrected chi connectivity index (χ4v) is 2.51. The standard InChI is InChI=1S/C8H9N3O4S/c12-8(13)6-7(10-4-3-9-6)11-16(14,15)5-1-2-5/h3-5H,1-2H2,(H,10,11)(H,12,13). The molecular formula is C8H9N3O4S. The number of carboxylic acid groups (broad SMARTS) is 1. The lowest BCUT2D eigenvalue weighted by atomic mass is 10.4. The van der Waals surface area contributed by atoms with Gasteiger partial charge in [-0.05, 0) is 12.8 Å². The van der Waals surface area contributed by atoms with E-state index >= 15 is 0 Å². The molecule has 0 bridgehead atoms. The lowest BCUT2D eigenvalue weighted by Gasteiger charge is -2.07. The van der Waals surface area contributed by atoms with Crippen molar-refractivity contribution in [3.05, 3.63) is 18.1 Å². The first-order valence-corrected chi connectivity index (χ1v) is 6.11. The first-order chi connectivity index (χ1) is 7.50. The molecule has 1 aliphatic rings. The Morgan fingerprint density at radius 2 is 2.00 bits per heavy atom. The van der Waals surface area contributed by atoms with Crippen molar-refractivity contribution in [2.75, 3.05) is 4.72 Å². The lowest BCUT2D eigenvalue weighted by Crippen LogP contribution is -2.20. The van der Waals surface area contributed by atoms with Gasteiger partial charge in [-0.2, -0.15) is 0 Å². The van der Waals surface area contributed by atoms with Crippen molar-refractivity contribution in [2.45, 2.75) is 18.1 Å². The average molecular weight is 243 g/mol. The number of sulfonamides is 1. The van der Waals surface area contributed by atoms with Crippen LogP contribution in [0.25, 0.3) is 0 Å². The minimum atomic E-state index is -3.51. The van der Waals surface area contributed by atoms with Crippen LogP contribution in [0.5, 0.6) is 0 Å². The highest BCUT2D eigenvalue weighted by Gasteiger charge is 2.36. The zero-order chi connectivity index (χ0) is 11.8. The molecule has 1 aliphatic carbocycles. The van der Waals surface area contributed by atoms with E-state index in [1.165, 1.54) is 12.4 Å². The number of hydrogen-bond acceptors (Lipinski definition) is 5. The molecule has 0 amide bonds. The molecule has 0 unspecified atom stereocenters. The average Bonchev–Trinajstić information content (AvgIpc) is 3.00. The van der Waals surface area contributed by atoms with Gasteiger partial charge in [-0.3, -0.25) is 4.72 Å². The molecule has 2 N–H and O–H groups in total. The molecule has 1 fully saturated rings. The quantitative estimate of drug-likeness (QED) is 0.775. The molecule has 0 atom stereocenters. The van der Waals surface area contributed by atoms with Crippen molar-refractivity contribution >= 4 is 21.8 Å². The minimum absolute atomic E-state index is 0.234. The van der Waals surface area contributed by atoms with Gasteiger partial charge in [0.1, 0.15) is 0 Å². The number of aromatic carboxylic acids is 1. The summed E-state index contributed by atoms with van der Waals surface area (Å²) in [5.41, 5.74) is -0.397. The second-order valence-electron chi connectivity index (χ2n) is 3.41. The van der Waals surface area contributed by atoms with E-state index in [0.29, 0.717) is 12.8 Å². The van der Waals surface area contributed by atoms with Crippen molar-refractivity contribution in [1.29, 1.82) is 0 Å². The van der Waals surface area contributed by atoms with E-state index < -0.39 is 26.9 Å². The van der Waals surface area contributed by atoms with Crippen LogP contribution in [0.2, 0.25) is 0 Å². The van der Waals surface area contributed by atoms with Gasteiger partial charge in [0.25, 0.3) is 0 Å². The molecule has 0 spiro atoms. The van der Waals surface area contributed by atoms with Gasteiger partial charge in [-0.25, -0.2) is 23.2 Å². The van der Waals surface area contributed by atoms with Crippen LogP contribution in [0.15, 0.2) is 12.4 Å². The number of carbonyl (C=O) groups is 1. The van der Waals surface area contributed by atoms with Gasteiger partial charge in [0, 0.05) is 12.4 Å². The Morgan fingerprint density at radius 1 is 1.38 bits per heavy atom. The maximum atomic E-state index is 11.6. The Bertz CT molecular complexity index is 524. The summed E-state index contributed by atoms with van der Waals surface area (Å²) in [7, 11) is -3.51. The molecule has 1 aromatic rings. The van der Waals surface area contributed by atoms with Crippen molar-refractivity contribution < 1.29 is 18.3 Å². The van der Waals surface area contributed by atoms with E-state index in [-0.39, 0.29) is 5.82 Å². The smallest absolute Gasteiger partial charge is 0.358 e. The number of rotatable bonds is 4. The molecule has 2 rings (SSSR count). The summed E-state index contributed by atoms with van der Waals surface area (Å²) in [6.07, 6.45) is 3.62. The van der Waals surface area contributed by atoms with Gasteiger partial charge < -0.3 is 5.11 Å². The highest BCUT2D eigenvalue weighted by Crippen LogP contribution is 2.29. The van der Waals surface area contributed by atoms with Crippen molar-refractivity contribution in [1.82, 2.24) is 9.97 Å². The van der Waals surface area contributed by atoms with Crippen LogP contribution in [0, 0.1) is 0 Å². The third kappa shape index (κ3) is 2.11. The first kappa shape index (κ1) is 10.8. The van der Waals surface area contributed by atoms with Gasteiger partial charge in [0.05, 0.1) is 5.25 Å². The van der Waals surface area contributed by atoms with Gasteiger partial charge in [0.15, 0.2) is 11.5 Å². The van der Waals surface area contributed by atoms with E-state index in [1.807, 2.05) is 0 Å². The van der Waals surface area contributed by atoms with E-state index in [0.717, 1.165) is 0 Å². The van der Waals surface area contributed by atoms with Crippen molar-refractivity contribution in [2.24, 2.45) is 0 Å². The van der Waals surface area contributed by atoms with Crippen LogP contribution in [0.3, 0.4) is 0 Å². The zero-order valence-electron chi connectivity index (χ0n) is 8.12. The van der Waals surface area contributed by atoms with E-state index in [1.54, 1.807) is 0 Å². The Labute approximate surface area is 91.6 Å². The lowest BCUT2D eigenvalue weighted by molar-refractivity contribution is 0.0691. The maximum absolute atomic E-state index is 11.6. The first-order valence-electron chi connectivity index (χ1n) is 4.56. The number of nitrogens with zero attached hydrogens (tertiary/aromatic N) is 2. The van der Waals surface area contributed by atoms with Crippen LogP contribution in [0.4, 0.5) is 5.82 Å². The number of hydrogen-bond donors (Lipinski definition) is 2. The Hall–Kier alpha value is -1.70. The van der Waals surface area contributed by atoms with Crippen LogP contribution in [-0.4, -0.2) is 34.7 Å². The minimum Gasteiger partial charge on any atom is -0.476 e. The Balaban J connectivity index is 2.30. The second kappa shape index (κ2) is 3.71. The molecular weight excluding hydrogens is 234 g/mol. The van der Waals surface area contributed by atoms with Crippen molar-refractivity contribution in [3.63, 3.8) is 0 Å². The van der Waals surface area contributed by atoms with Crippen molar-refractivity contribution in [3.8, 4) is 0 Å². The van der Waals surface area contributed by atoms with E-state index in [2.05, 4.69) is 14.7 Å². The third-order valence-corrected chi connectivity index (χ3v) is 3.93. The molecule has 86 valence electrons. The summed E-state index contributed by atoms with van der Waals surface area (Å²) in [5.74, 6) is -1.55. The third-order valence-electron chi connectivity index (χ3n) is 2.10. The fraction of sp³-hybridized carbons (Fsp3) is 0.375. The summed E-state index contributed by atoms with van der Waals surface area (Å²) in [6, 6.07) is 0. The summed E-state index contributed by atoms with van der Waals surface area (Å²) >= 11 is 0. The fourth-order valence-electron chi connectivity index (χ4n) is 1.17. The molecule has 1 aromatic heterocycles. The zero-order valence-corrected chi connectivity index (χ0v) is 8.94. The highest BCUT2D eigenvalue weighted by atomic mass is 32.2. The van der Waals surface area contributed by atoms with Gasteiger partial charge in [-0.15, -0.1) is 0 Å². The summed E-state index contributed by atoms with van der Waals surface area (Å²) in [6.45, 7) is 0. The molecule has 0 aromatic carbocycles. The van der Waals surface area contributed by atoms with Gasteiger partial charge in [0.2, 0.25) is 10.0 Å². The normalized spacial score (nSPS) is 15.8. The molecule has 0 radical (unpaired) electrons. The largest absolute Gasteiger partial charge is 0.476 e. The van der Waals surface area contributed by atoms with Crippen LogP contribution >= 0.6 is 0 Å². The molecule has 1 saturated carbocycles. The summed E-state index contributed by atoms with van der Waals surface area (Å²) < 4.78 is 25.3. The van der Waals surface area contributed by atoms with E-state index in [9.17, 15) is 13.2 Å². The topological polar surface area (TPSA) is 109 Å². The predicted octanol–water partition coefficient (Wildman–Crippen LogP) is 0.0789. The Kier molecular flexibility index (Phi) is 2.50. The molecule has 1 heterocycles. The highest BCUT2D eigenvalue weighted by molar-refractivity contribution is 7.93. The molecule has 16 heavy (non-hydrogen) atoms. The van der Waals surface area contributed by atoms with E-state index in [4.69, 9.17) is 5.11 Å². The predicted molar refractivity (Wildman–Crippen MR) is 54.6 cm³/mol. The number of aromatic nitrogens is 2. The van der Waals surface area contributed by atoms with Gasteiger partial charge in [-0.1, -0.05) is 0 Å². The maximum Gasteiger partial charge on any atom is 0.358 e. The number of nitrogens with one attached hydrogen (secondary N) is 1. The second-order valence-corrected chi connectivity index (χ2v) is 5.37. The van der Waals surface area contributed by atoms with Crippen LogP contribution in [-0.2, 0) is 10.0 Å². The Morgan fingerprint density at radius 3 is 2.56 bits per heavy atom. The van der Waals surface area contributed by atoms with Crippen LogP contribution in [0.1, 0.15) is 23.3 Å². The molecule has 7 nitrogen and oxygen atoms in total. The molecule has 0 saturated heterocycles. The monoisotopic (exact) mass is 243 g/mol. The van der Waals surface area contributed by atoms with Gasteiger partial charge >= 0.3 is 5.97 Å². The molecule has 8 heteroatoms.